The molecule has 0 spiro atoms. The van der Waals surface area contributed by atoms with Gasteiger partial charge < -0.3 is 10.1 Å². The van der Waals surface area contributed by atoms with Gasteiger partial charge in [0.25, 0.3) is 0 Å². The number of aromatic nitrogens is 3. The fraction of sp³-hybridized carbons (Fsp3) is 0.389. The molecule has 1 aromatic carbocycles. The van der Waals surface area contributed by atoms with Gasteiger partial charge in [-0.1, -0.05) is 12.1 Å². The Labute approximate surface area is 140 Å². The van der Waals surface area contributed by atoms with Gasteiger partial charge in [-0.3, -0.25) is 4.79 Å². The Hall–Kier alpha value is -2.63. The van der Waals surface area contributed by atoms with Crippen LogP contribution in [-0.2, 0) is 4.79 Å². The molecule has 0 radical (unpaired) electrons. The molecule has 2 aliphatic rings. The lowest BCUT2D eigenvalue weighted by Gasteiger charge is -2.32. The topological polar surface area (TPSA) is 69.0 Å². The highest BCUT2D eigenvalue weighted by Crippen LogP contribution is 2.39. The molecular weight excluding hydrogens is 304 g/mol. The second-order valence-electron chi connectivity index (χ2n) is 6.46. The second kappa shape index (κ2) is 5.78. The Morgan fingerprint density at radius 3 is 2.79 bits per heavy atom. The normalized spacial score (nSPS) is 19.8. The minimum Gasteiger partial charge on any atom is -0.491 e. The molecule has 0 fully saturated rings. The summed E-state index contributed by atoms with van der Waals surface area (Å²) in [4.78, 5) is 16.8. The summed E-state index contributed by atoms with van der Waals surface area (Å²) in [5.74, 6) is 1.71. The maximum absolute atomic E-state index is 12.6. The number of nitrogens with zero attached hydrogens (tertiary/aromatic N) is 3. The molecule has 1 aromatic heterocycles. The van der Waals surface area contributed by atoms with Crippen molar-refractivity contribution in [2.24, 2.45) is 0 Å². The number of fused-ring (bicyclic) bond motifs is 1. The molecule has 124 valence electrons. The Kier molecular flexibility index (Phi) is 3.59. The first-order valence-corrected chi connectivity index (χ1v) is 8.33. The van der Waals surface area contributed by atoms with Crippen LogP contribution in [0, 0.1) is 0 Å². The van der Waals surface area contributed by atoms with E-state index in [-0.39, 0.29) is 17.9 Å². The van der Waals surface area contributed by atoms with Crippen molar-refractivity contribution in [3.8, 4) is 5.75 Å². The Bertz CT molecular complexity index is 805. The van der Waals surface area contributed by atoms with Crippen molar-refractivity contribution < 1.29 is 9.53 Å². The van der Waals surface area contributed by atoms with Gasteiger partial charge in [0.2, 0.25) is 5.95 Å². The third kappa shape index (κ3) is 2.48. The smallest absolute Gasteiger partial charge is 0.226 e. The average molecular weight is 324 g/mol. The number of rotatable bonds is 3. The number of allylic oxidation sites excluding steroid dienone is 2. The largest absolute Gasteiger partial charge is 0.491 e. The van der Waals surface area contributed by atoms with Crippen LogP contribution >= 0.6 is 0 Å². The lowest BCUT2D eigenvalue weighted by molar-refractivity contribution is -0.116. The zero-order chi connectivity index (χ0) is 16.7. The van der Waals surface area contributed by atoms with Crippen LogP contribution in [0.2, 0.25) is 0 Å². The van der Waals surface area contributed by atoms with Crippen LogP contribution < -0.4 is 10.1 Å². The molecule has 0 bridgehead atoms. The molecule has 2 heterocycles. The van der Waals surface area contributed by atoms with Gasteiger partial charge in [-0.15, -0.1) is 0 Å². The molecule has 6 heteroatoms. The SMILES string of the molecule is CC(C)Oc1ccc(C2C3=C(CCCC3=O)Nc3ncnn32)cc1. The zero-order valence-electron chi connectivity index (χ0n) is 13.8. The van der Waals surface area contributed by atoms with Crippen LogP contribution in [0.3, 0.4) is 0 Å². The third-order valence-electron chi connectivity index (χ3n) is 4.38. The maximum atomic E-state index is 12.6. The molecule has 4 rings (SSSR count). The quantitative estimate of drug-likeness (QED) is 0.939. The lowest BCUT2D eigenvalue weighted by atomic mass is 9.85. The second-order valence-corrected chi connectivity index (χ2v) is 6.46. The number of ketones is 1. The number of ether oxygens (including phenoxy) is 1. The van der Waals surface area contributed by atoms with Gasteiger partial charge in [-0.05, 0) is 44.4 Å². The number of carbonyl (C=O) groups excluding carboxylic acids is 1. The van der Waals surface area contributed by atoms with Crippen molar-refractivity contribution in [1.82, 2.24) is 14.8 Å². The van der Waals surface area contributed by atoms with Gasteiger partial charge in [-0.2, -0.15) is 10.1 Å². The van der Waals surface area contributed by atoms with Gasteiger partial charge in [0.05, 0.1) is 6.10 Å². The molecule has 1 aliphatic heterocycles. The van der Waals surface area contributed by atoms with Crippen LogP contribution in [-0.4, -0.2) is 26.7 Å². The molecule has 1 aliphatic carbocycles. The fourth-order valence-corrected chi connectivity index (χ4v) is 3.41. The summed E-state index contributed by atoms with van der Waals surface area (Å²) in [6.07, 6.45) is 4.00. The number of anilines is 1. The summed E-state index contributed by atoms with van der Waals surface area (Å²) in [7, 11) is 0. The van der Waals surface area contributed by atoms with Crippen LogP contribution in [0.1, 0.15) is 44.7 Å². The van der Waals surface area contributed by atoms with Crippen molar-refractivity contribution in [1.29, 1.82) is 0 Å². The number of carbonyl (C=O) groups is 1. The van der Waals surface area contributed by atoms with Crippen molar-refractivity contribution in [2.45, 2.75) is 45.3 Å². The highest BCUT2D eigenvalue weighted by Gasteiger charge is 2.35. The van der Waals surface area contributed by atoms with Crippen molar-refractivity contribution in [3.05, 3.63) is 47.4 Å². The summed E-state index contributed by atoms with van der Waals surface area (Å²) in [6.45, 7) is 4.00. The van der Waals surface area contributed by atoms with Crippen LogP contribution in [0.5, 0.6) is 5.75 Å². The molecule has 6 nitrogen and oxygen atoms in total. The molecule has 24 heavy (non-hydrogen) atoms. The van der Waals surface area contributed by atoms with E-state index >= 15 is 0 Å². The van der Waals surface area contributed by atoms with E-state index in [1.54, 1.807) is 4.68 Å². The highest BCUT2D eigenvalue weighted by atomic mass is 16.5. The molecule has 0 amide bonds. The predicted octanol–water partition coefficient (Wildman–Crippen LogP) is 3.09. The lowest BCUT2D eigenvalue weighted by Crippen LogP contribution is -2.31. The molecule has 1 atom stereocenters. The first-order chi connectivity index (χ1) is 11.6. The Balaban J connectivity index is 1.77. The minimum atomic E-state index is -0.223. The molecule has 1 N–H and O–H groups in total. The summed E-state index contributed by atoms with van der Waals surface area (Å²) in [5, 5.41) is 7.61. The predicted molar refractivity (Wildman–Crippen MR) is 89.9 cm³/mol. The number of Topliss-reactive ketones (excluding diaryl/α,β-unsaturated/α-hetero) is 1. The van der Waals surface area contributed by atoms with Crippen LogP contribution in [0.4, 0.5) is 5.95 Å². The van der Waals surface area contributed by atoms with E-state index in [1.807, 2.05) is 38.1 Å². The standard InChI is InChI=1S/C18H20N4O2/c1-11(2)24-13-8-6-12(7-9-13)17-16-14(4-3-5-15(16)23)21-18-19-10-20-22(17)18/h6-11,17H,3-5H2,1-2H3,(H,19,20,21). The zero-order valence-corrected chi connectivity index (χ0v) is 13.8. The van der Waals surface area contributed by atoms with E-state index in [2.05, 4.69) is 15.4 Å². The first kappa shape index (κ1) is 14.9. The first-order valence-electron chi connectivity index (χ1n) is 8.33. The molecule has 0 saturated heterocycles. The van der Waals surface area contributed by atoms with Crippen molar-refractivity contribution >= 4 is 11.7 Å². The van der Waals surface area contributed by atoms with E-state index < -0.39 is 0 Å². The highest BCUT2D eigenvalue weighted by molar-refractivity contribution is 5.99. The fourth-order valence-electron chi connectivity index (χ4n) is 3.41. The number of hydrogen-bond donors (Lipinski definition) is 1. The van der Waals surface area contributed by atoms with Gasteiger partial charge in [0, 0.05) is 17.7 Å². The Morgan fingerprint density at radius 1 is 1.25 bits per heavy atom. The third-order valence-corrected chi connectivity index (χ3v) is 4.38. The molecule has 1 unspecified atom stereocenters. The van der Waals surface area contributed by atoms with Gasteiger partial charge >= 0.3 is 0 Å². The average Bonchev–Trinajstić information content (AvgIpc) is 3.01. The van der Waals surface area contributed by atoms with Crippen molar-refractivity contribution in [2.75, 3.05) is 5.32 Å². The number of nitrogens with one attached hydrogen (secondary N) is 1. The Morgan fingerprint density at radius 2 is 2.04 bits per heavy atom. The summed E-state index contributed by atoms with van der Waals surface area (Å²) < 4.78 is 7.50. The van der Waals surface area contributed by atoms with Crippen LogP contribution in [0.25, 0.3) is 0 Å². The van der Waals surface area contributed by atoms with E-state index in [9.17, 15) is 4.79 Å². The van der Waals surface area contributed by atoms with E-state index in [1.165, 1.54) is 6.33 Å². The van der Waals surface area contributed by atoms with Gasteiger partial charge in [0.1, 0.15) is 18.1 Å². The molecule has 0 saturated carbocycles. The van der Waals surface area contributed by atoms with Gasteiger partial charge in [-0.25, -0.2) is 4.68 Å². The number of hydrogen-bond acceptors (Lipinski definition) is 5. The maximum Gasteiger partial charge on any atom is 0.226 e. The summed E-state index contributed by atoms with van der Waals surface area (Å²) in [5.41, 5.74) is 2.82. The van der Waals surface area contributed by atoms with Gasteiger partial charge in [0.15, 0.2) is 5.78 Å². The minimum absolute atomic E-state index is 0.130. The molecular formula is C18H20N4O2. The van der Waals surface area contributed by atoms with Crippen LogP contribution in [0.15, 0.2) is 41.9 Å². The molecule has 2 aromatic rings. The van der Waals surface area contributed by atoms with E-state index in [0.717, 1.165) is 35.4 Å². The summed E-state index contributed by atoms with van der Waals surface area (Å²) in [6, 6.07) is 7.68. The van der Waals surface area contributed by atoms with Crippen molar-refractivity contribution in [3.63, 3.8) is 0 Å². The van der Waals surface area contributed by atoms with E-state index in [4.69, 9.17) is 4.74 Å². The van der Waals surface area contributed by atoms with E-state index in [0.29, 0.717) is 12.4 Å². The number of benzene rings is 1. The summed E-state index contributed by atoms with van der Waals surface area (Å²) >= 11 is 0. The monoisotopic (exact) mass is 324 g/mol.